The second kappa shape index (κ2) is 5.42. The first-order chi connectivity index (χ1) is 9.74. The van der Waals surface area contributed by atoms with Crippen LogP contribution in [0.25, 0.3) is 5.69 Å². The summed E-state index contributed by atoms with van der Waals surface area (Å²) in [6.45, 7) is 4.43. The third-order valence-corrected chi connectivity index (χ3v) is 3.29. The zero-order valence-electron chi connectivity index (χ0n) is 11.3. The van der Waals surface area contributed by atoms with E-state index >= 15 is 0 Å². The maximum Gasteiger partial charge on any atom is 0.254 e. The maximum absolute atomic E-state index is 12.3. The fraction of sp³-hybridized carbons (Fsp3) is 0.357. The van der Waals surface area contributed by atoms with Gasteiger partial charge in [-0.05, 0) is 31.2 Å². The van der Waals surface area contributed by atoms with Crippen molar-refractivity contribution in [2.24, 2.45) is 0 Å². The van der Waals surface area contributed by atoms with Crippen LogP contribution in [0.5, 0.6) is 0 Å². The molecule has 0 N–H and O–H groups in total. The van der Waals surface area contributed by atoms with Crippen molar-refractivity contribution in [3.05, 3.63) is 41.7 Å². The highest BCUT2D eigenvalue weighted by molar-refractivity contribution is 5.94. The van der Waals surface area contributed by atoms with Gasteiger partial charge in [0.15, 0.2) is 0 Å². The molecule has 0 radical (unpaired) electrons. The monoisotopic (exact) mass is 272 g/mol. The maximum atomic E-state index is 12.3. The highest BCUT2D eigenvalue weighted by atomic mass is 16.5. The molecule has 6 heteroatoms. The van der Waals surface area contributed by atoms with Crippen LogP contribution < -0.4 is 0 Å². The average Bonchev–Trinajstić information content (AvgIpc) is 2.94. The SMILES string of the molecule is Cc1cn(-c2ccc(C(=O)N3CCOCC3)cc2)nn1. The number of carbonyl (C=O) groups is 1. The van der Waals surface area contributed by atoms with E-state index in [4.69, 9.17) is 4.74 Å². The van der Waals surface area contributed by atoms with Gasteiger partial charge in [-0.15, -0.1) is 5.10 Å². The van der Waals surface area contributed by atoms with Crippen LogP contribution in [0.1, 0.15) is 16.1 Å². The lowest BCUT2D eigenvalue weighted by Crippen LogP contribution is -2.40. The Morgan fingerprint density at radius 1 is 1.20 bits per heavy atom. The van der Waals surface area contributed by atoms with Gasteiger partial charge in [0.05, 0.1) is 30.8 Å². The van der Waals surface area contributed by atoms with Gasteiger partial charge >= 0.3 is 0 Å². The van der Waals surface area contributed by atoms with E-state index in [1.807, 2.05) is 42.3 Å². The summed E-state index contributed by atoms with van der Waals surface area (Å²) < 4.78 is 6.95. The predicted octanol–water partition coefficient (Wildman–Crippen LogP) is 1.05. The molecule has 1 saturated heterocycles. The van der Waals surface area contributed by atoms with Gasteiger partial charge in [-0.25, -0.2) is 4.68 Å². The van der Waals surface area contributed by atoms with Gasteiger partial charge in [-0.1, -0.05) is 5.21 Å². The molecule has 1 aliphatic rings. The van der Waals surface area contributed by atoms with Crippen LogP contribution in [0, 0.1) is 6.92 Å². The normalized spacial score (nSPS) is 15.3. The van der Waals surface area contributed by atoms with E-state index in [-0.39, 0.29) is 5.91 Å². The number of hydrogen-bond donors (Lipinski definition) is 0. The van der Waals surface area contributed by atoms with Crippen molar-refractivity contribution in [1.82, 2.24) is 19.9 Å². The molecule has 0 aliphatic carbocycles. The van der Waals surface area contributed by atoms with E-state index in [1.165, 1.54) is 0 Å². The average molecular weight is 272 g/mol. The van der Waals surface area contributed by atoms with Gasteiger partial charge in [0.2, 0.25) is 0 Å². The van der Waals surface area contributed by atoms with Crippen LogP contribution in [0.4, 0.5) is 0 Å². The number of hydrogen-bond acceptors (Lipinski definition) is 4. The van der Waals surface area contributed by atoms with E-state index in [0.717, 1.165) is 11.4 Å². The first-order valence-electron chi connectivity index (χ1n) is 6.60. The lowest BCUT2D eigenvalue weighted by atomic mass is 10.1. The second-order valence-electron chi connectivity index (χ2n) is 4.76. The minimum Gasteiger partial charge on any atom is -0.378 e. The van der Waals surface area contributed by atoms with Gasteiger partial charge in [0, 0.05) is 18.7 Å². The van der Waals surface area contributed by atoms with Crippen LogP contribution in [0.3, 0.4) is 0 Å². The molecule has 3 rings (SSSR count). The summed E-state index contributed by atoms with van der Waals surface area (Å²) in [6, 6.07) is 7.40. The van der Waals surface area contributed by atoms with E-state index in [0.29, 0.717) is 31.9 Å². The summed E-state index contributed by atoms with van der Waals surface area (Å²) in [5.74, 6) is 0.0506. The molecule has 20 heavy (non-hydrogen) atoms. The molecule has 0 atom stereocenters. The Bertz CT molecular complexity index is 600. The van der Waals surface area contributed by atoms with E-state index in [1.54, 1.807) is 4.68 Å². The number of nitrogens with zero attached hydrogens (tertiary/aromatic N) is 4. The Labute approximate surface area is 117 Å². The molecule has 2 aromatic rings. The molecule has 1 aliphatic heterocycles. The molecule has 1 aromatic carbocycles. The van der Waals surface area contributed by atoms with Gasteiger partial charge in [-0.2, -0.15) is 0 Å². The van der Waals surface area contributed by atoms with E-state index < -0.39 is 0 Å². The van der Waals surface area contributed by atoms with Gasteiger partial charge < -0.3 is 9.64 Å². The van der Waals surface area contributed by atoms with Crippen molar-refractivity contribution >= 4 is 5.91 Å². The van der Waals surface area contributed by atoms with E-state index in [2.05, 4.69) is 10.3 Å². The fourth-order valence-corrected chi connectivity index (χ4v) is 2.18. The topological polar surface area (TPSA) is 60.2 Å². The summed E-state index contributed by atoms with van der Waals surface area (Å²) in [5, 5.41) is 7.95. The van der Waals surface area contributed by atoms with Gasteiger partial charge in [-0.3, -0.25) is 4.79 Å². The molecule has 0 unspecified atom stereocenters. The highest BCUT2D eigenvalue weighted by Crippen LogP contribution is 2.12. The first kappa shape index (κ1) is 12.8. The molecule has 0 spiro atoms. The van der Waals surface area contributed by atoms with Crippen molar-refractivity contribution in [3.8, 4) is 5.69 Å². The Balaban J connectivity index is 1.77. The first-order valence-corrected chi connectivity index (χ1v) is 6.60. The van der Waals surface area contributed by atoms with Crippen LogP contribution in [-0.2, 0) is 4.74 Å². The Kier molecular flexibility index (Phi) is 3.47. The zero-order valence-corrected chi connectivity index (χ0v) is 11.3. The summed E-state index contributed by atoms with van der Waals surface area (Å²) in [7, 11) is 0. The Morgan fingerprint density at radius 2 is 1.90 bits per heavy atom. The summed E-state index contributed by atoms with van der Waals surface area (Å²) >= 11 is 0. The van der Waals surface area contributed by atoms with Crippen LogP contribution in [0.2, 0.25) is 0 Å². The number of rotatable bonds is 2. The predicted molar refractivity (Wildman–Crippen MR) is 72.8 cm³/mol. The van der Waals surface area contributed by atoms with E-state index in [9.17, 15) is 4.79 Å². The third-order valence-electron chi connectivity index (χ3n) is 3.29. The van der Waals surface area contributed by atoms with Gasteiger partial charge in [0.25, 0.3) is 5.91 Å². The lowest BCUT2D eigenvalue weighted by molar-refractivity contribution is 0.0303. The largest absolute Gasteiger partial charge is 0.378 e. The van der Waals surface area contributed by atoms with Crippen molar-refractivity contribution in [2.75, 3.05) is 26.3 Å². The summed E-state index contributed by atoms with van der Waals surface area (Å²) in [4.78, 5) is 14.1. The number of aromatic nitrogens is 3. The number of morpholine rings is 1. The molecule has 1 fully saturated rings. The fourth-order valence-electron chi connectivity index (χ4n) is 2.18. The lowest BCUT2D eigenvalue weighted by Gasteiger charge is -2.26. The zero-order chi connectivity index (χ0) is 13.9. The van der Waals surface area contributed by atoms with Gasteiger partial charge in [0.1, 0.15) is 0 Å². The smallest absolute Gasteiger partial charge is 0.254 e. The molecular formula is C14H16N4O2. The van der Waals surface area contributed by atoms with Crippen molar-refractivity contribution in [3.63, 3.8) is 0 Å². The van der Waals surface area contributed by atoms with Crippen molar-refractivity contribution in [2.45, 2.75) is 6.92 Å². The van der Waals surface area contributed by atoms with Crippen LogP contribution >= 0.6 is 0 Å². The summed E-state index contributed by atoms with van der Waals surface area (Å²) in [6.07, 6.45) is 1.85. The summed E-state index contributed by atoms with van der Waals surface area (Å²) in [5.41, 5.74) is 2.44. The second-order valence-corrected chi connectivity index (χ2v) is 4.76. The van der Waals surface area contributed by atoms with Crippen molar-refractivity contribution < 1.29 is 9.53 Å². The highest BCUT2D eigenvalue weighted by Gasteiger charge is 2.18. The molecule has 2 heterocycles. The number of aryl methyl sites for hydroxylation is 1. The molecule has 0 bridgehead atoms. The molecular weight excluding hydrogens is 256 g/mol. The molecule has 1 amide bonds. The molecule has 104 valence electrons. The Morgan fingerprint density at radius 3 is 2.50 bits per heavy atom. The molecule has 0 saturated carbocycles. The molecule has 1 aromatic heterocycles. The quantitative estimate of drug-likeness (QED) is 0.820. The Hall–Kier alpha value is -2.21. The number of ether oxygens (including phenoxy) is 1. The number of carbonyl (C=O) groups excluding carboxylic acids is 1. The number of amides is 1. The number of benzene rings is 1. The van der Waals surface area contributed by atoms with Crippen LogP contribution in [-0.4, -0.2) is 52.1 Å². The standard InChI is InChI=1S/C14H16N4O2/c1-11-10-18(16-15-11)13-4-2-12(3-5-13)14(19)17-6-8-20-9-7-17/h2-5,10H,6-9H2,1H3. The minimum absolute atomic E-state index is 0.0506. The van der Waals surface area contributed by atoms with Crippen LogP contribution in [0.15, 0.2) is 30.5 Å². The van der Waals surface area contributed by atoms with Crippen molar-refractivity contribution in [1.29, 1.82) is 0 Å². The molecule has 6 nitrogen and oxygen atoms in total. The third kappa shape index (κ3) is 2.55. The minimum atomic E-state index is 0.0506.